The van der Waals surface area contributed by atoms with Gasteiger partial charge in [0.25, 0.3) is 6.47 Å². The van der Waals surface area contributed by atoms with Gasteiger partial charge in [-0.3, -0.25) is 9.59 Å². The van der Waals surface area contributed by atoms with Crippen molar-refractivity contribution in [1.29, 1.82) is 0 Å². The minimum absolute atomic E-state index is 0.0557. The maximum absolute atomic E-state index is 11.9. The number of hydrogen-bond acceptors (Lipinski definition) is 4. The lowest BCUT2D eigenvalue weighted by molar-refractivity contribution is -0.137. The Labute approximate surface area is 119 Å². The fourth-order valence-corrected chi connectivity index (χ4v) is 2.72. The van der Waals surface area contributed by atoms with Crippen LogP contribution in [0.3, 0.4) is 0 Å². The lowest BCUT2D eigenvalue weighted by atomic mass is 9.85. The van der Waals surface area contributed by atoms with E-state index in [9.17, 15) is 9.59 Å². The summed E-state index contributed by atoms with van der Waals surface area (Å²) < 4.78 is 5.25. The number of ketones is 1. The van der Waals surface area contributed by atoms with Crippen molar-refractivity contribution in [2.45, 2.75) is 31.8 Å². The maximum Gasteiger partial charge on any atom is 0.293 e. The summed E-state index contributed by atoms with van der Waals surface area (Å²) in [4.78, 5) is 22.7. The van der Waals surface area contributed by atoms with Gasteiger partial charge in [0.05, 0.1) is 0 Å². The van der Waals surface area contributed by atoms with Crippen LogP contribution in [0.4, 0.5) is 0 Å². The molecule has 0 spiro atoms. The Bertz CT molecular complexity index is 446. The molecule has 1 N–H and O–H groups in total. The Kier molecular flexibility index (Phi) is 5.30. The highest BCUT2D eigenvalue weighted by Crippen LogP contribution is 2.27. The fourth-order valence-electron chi connectivity index (χ4n) is 2.72. The second kappa shape index (κ2) is 7.20. The third-order valence-corrected chi connectivity index (χ3v) is 4.02. The third kappa shape index (κ3) is 3.67. The zero-order valence-corrected chi connectivity index (χ0v) is 11.7. The van der Waals surface area contributed by atoms with E-state index in [0.29, 0.717) is 25.9 Å². The molecule has 1 fully saturated rings. The van der Waals surface area contributed by atoms with Crippen LogP contribution in [-0.2, 0) is 14.3 Å². The zero-order valence-electron chi connectivity index (χ0n) is 11.7. The predicted octanol–water partition coefficient (Wildman–Crippen LogP) is 1.90. The van der Waals surface area contributed by atoms with Gasteiger partial charge in [0.1, 0.15) is 11.9 Å². The summed E-state index contributed by atoms with van der Waals surface area (Å²) >= 11 is 0. The van der Waals surface area contributed by atoms with Crippen molar-refractivity contribution in [2.24, 2.45) is 5.92 Å². The lowest BCUT2D eigenvalue weighted by Crippen LogP contribution is -2.39. The molecular formula is C16H21NO3. The topological polar surface area (TPSA) is 55.4 Å². The molecule has 0 bridgehead atoms. The van der Waals surface area contributed by atoms with Gasteiger partial charge in [-0.05, 0) is 12.0 Å². The van der Waals surface area contributed by atoms with Crippen LogP contribution >= 0.6 is 0 Å². The number of ether oxygens (including phenoxy) is 1. The van der Waals surface area contributed by atoms with Crippen LogP contribution < -0.4 is 5.32 Å². The normalized spacial score (nSPS) is 22.1. The molecule has 4 heteroatoms. The van der Waals surface area contributed by atoms with Gasteiger partial charge in [0.2, 0.25) is 0 Å². The minimum atomic E-state index is -0.260. The summed E-state index contributed by atoms with van der Waals surface area (Å²) in [5.41, 5.74) is 1.12. The number of benzene rings is 1. The van der Waals surface area contributed by atoms with Crippen LogP contribution in [0.25, 0.3) is 0 Å². The van der Waals surface area contributed by atoms with Gasteiger partial charge in [0.15, 0.2) is 0 Å². The van der Waals surface area contributed by atoms with Gasteiger partial charge in [-0.2, -0.15) is 0 Å². The maximum atomic E-state index is 11.9. The van der Waals surface area contributed by atoms with Gasteiger partial charge < -0.3 is 10.1 Å². The Morgan fingerprint density at radius 2 is 2.15 bits per heavy atom. The van der Waals surface area contributed by atoms with Crippen LogP contribution in [0.1, 0.15) is 31.2 Å². The molecule has 0 aromatic heterocycles. The Balaban J connectivity index is 2.06. The van der Waals surface area contributed by atoms with E-state index in [0.717, 1.165) is 12.1 Å². The van der Waals surface area contributed by atoms with E-state index in [1.54, 1.807) is 0 Å². The molecule has 0 saturated carbocycles. The summed E-state index contributed by atoms with van der Waals surface area (Å²) in [6.45, 7) is 3.96. The lowest BCUT2D eigenvalue weighted by Gasteiger charge is -2.28. The quantitative estimate of drug-likeness (QED) is 0.806. The van der Waals surface area contributed by atoms with Crippen molar-refractivity contribution >= 4 is 12.3 Å². The highest BCUT2D eigenvalue weighted by molar-refractivity contribution is 5.82. The molecule has 1 heterocycles. The highest BCUT2D eigenvalue weighted by Gasteiger charge is 2.29. The van der Waals surface area contributed by atoms with Crippen LogP contribution in [0.5, 0.6) is 0 Å². The molecule has 1 aromatic carbocycles. The smallest absolute Gasteiger partial charge is 0.293 e. The molecule has 3 atom stereocenters. The van der Waals surface area contributed by atoms with Crippen molar-refractivity contribution in [1.82, 2.24) is 5.32 Å². The number of hydrogen-bond donors (Lipinski definition) is 1. The van der Waals surface area contributed by atoms with Crippen molar-refractivity contribution < 1.29 is 14.3 Å². The molecule has 4 nitrogen and oxygen atoms in total. The molecule has 1 aliphatic heterocycles. The second-order valence-corrected chi connectivity index (χ2v) is 5.32. The Morgan fingerprint density at radius 3 is 2.80 bits per heavy atom. The molecule has 0 aliphatic carbocycles. The van der Waals surface area contributed by atoms with Crippen LogP contribution in [0.15, 0.2) is 30.3 Å². The minimum Gasteiger partial charge on any atom is -0.464 e. The third-order valence-electron chi connectivity index (χ3n) is 4.02. The molecular weight excluding hydrogens is 254 g/mol. The summed E-state index contributed by atoms with van der Waals surface area (Å²) in [7, 11) is 0. The standard InChI is InChI=1S/C16H21NO3/c1-12(13-5-3-2-4-6-13)16(20-11-18)9-14-10-17-8-7-15(14)19/h2-6,11-12,14,16-17H,7-10H2,1H3/t12-,14?,16?/m0/s1. The van der Waals surface area contributed by atoms with Gasteiger partial charge in [0, 0.05) is 31.3 Å². The van der Waals surface area contributed by atoms with E-state index in [-0.39, 0.29) is 23.7 Å². The van der Waals surface area contributed by atoms with Crippen molar-refractivity contribution in [3.05, 3.63) is 35.9 Å². The first-order chi connectivity index (χ1) is 9.72. The van der Waals surface area contributed by atoms with Crippen LogP contribution in [-0.4, -0.2) is 31.4 Å². The predicted molar refractivity (Wildman–Crippen MR) is 76.4 cm³/mol. The SMILES string of the molecule is C[C@@H](c1ccccc1)C(CC1CNCCC1=O)OC=O. The average Bonchev–Trinajstić information content (AvgIpc) is 2.49. The summed E-state index contributed by atoms with van der Waals surface area (Å²) in [6.07, 6.45) is 0.891. The van der Waals surface area contributed by atoms with Crippen molar-refractivity contribution in [3.63, 3.8) is 0 Å². The summed E-state index contributed by atoms with van der Waals surface area (Å²) in [5.74, 6) is 0.291. The number of carbonyl (C=O) groups excluding carboxylic acids is 2. The first-order valence-corrected chi connectivity index (χ1v) is 7.10. The van der Waals surface area contributed by atoms with Crippen LogP contribution in [0, 0.1) is 5.92 Å². The number of Topliss-reactive ketones (excluding diaryl/α,β-unsaturated/α-hetero) is 1. The first kappa shape index (κ1) is 14.7. The molecule has 108 valence electrons. The van der Waals surface area contributed by atoms with E-state index >= 15 is 0 Å². The zero-order chi connectivity index (χ0) is 14.4. The molecule has 0 radical (unpaired) electrons. The molecule has 2 rings (SSSR count). The molecule has 1 aromatic rings. The molecule has 1 aliphatic rings. The fraction of sp³-hybridized carbons (Fsp3) is 0.500. The van der Waals surface area contributed by atoms with Gasteiger partial charge in [-0.1, -0.05) is 37.3 Å². The van der Waals surface area contributed by atoms with E-state index in [1.165, 1.54) is 0 Å². The number of nitrogens with one attached hydrogen (secondary N) is 1. The molecule has 0 amide bonds. The summed E-state index contributed by atoms with van der Waals surface area (Å²) in [6, 6.07) is 9.94. The average molecular weight is 275 g/mol. The monoisotopic (exact) mass is 275 g/mol. The molecule has 1 saturated heterocycles. The highest BCUT2D eigenvalue weighted by atomic mass is 16.5. The van der Waals surface area contributed by atoms with E-state index in [2.05, 4.69) is 5.32 Å². The number of piperidine rings is 1. The van der Waals surface area contributed by atoms with E-state index < -0.39 is 0 Å². The van der Waals surface area contributed by atoms with Crippen molar-refractivity contribution in [2.75, 3.05) is 13.1 Å². The Morgan fingerprint density at radius 1 is 1.40 bits per heavy atom. The van der Waals surface area contributed by atoms with Crippen LogP contribution in [0.2, 0.25) is 0 Å². The molecule has 20 heavy (non-hydrogen) atoms. The van der Waals surface area contributed by atoms with E-state index in [1.807, 2.05) is 37.3 Å². The Hall–Kier alpha value is -1.68. The van der Waals surface area contributed by atoms with E-state index in [4.69, 9.17) is 4.74 Å². The number of rotatable bonds is 6. The second-order valence-electron chi connectivity index (χ2n) is 5.32. The molecule has 2 unspecified atom stereocenters. The van der Waals surface area contributed by atoms with Gasteiger partial charge in [-0.15, -0.1) is 0 Å². The van der Waals surface area contributed by atoms with Gasteiger partial charge >= 0.3 is 0 Å². The number of carbonyl (C=O) groups is 2. The van der Waals surface area contributed by atoms with Crippen molar-refractivity contribution in [3.8, 4) is 0 Å². The summed E-state index contributed by atoms with van der Waals surface area (Å²) in [5, 5.41) is 3.23. The largest absolute Gasteiger partial charge is 0.464 e. The van der Waals surface area contributed by atoms with Gasteiger partial charge in [-0.25, -0.2) is 0 Å². The first-order valence-electron chi connectivity index (χ1n) is 7.10.